The van der Waals surface area contributed by atoms with Gasteiger partial charge >= 0.3 is 5.95 Å². The third kappa shape index (κ3) is 4.80. The van der Waals surface area contributed by atoms with Gasteiger partial charge in [0.25, 0.3) is 0 Å². The van der Waals surface area contributed by atoms with E-state index in [2.05, 4.69) is 35.5 Å². The van der Waals surface area contributed by atoms with E-state index >= 15 is 0 Å². The molecule has 0 spiro atoms. The van der Waals surface area contributed by atoms with Crippen molar-refractivity contribution < 1.29 is 18.1 Å². The van der Waals surface area contributed by atoms with Gasteiger partial charge in [-0.05, 0) is 48.9 Å². The molecule has 176 valence electrons. The number of fused-ring (bicyclic) bond motifs is 1. The fourth-order valence-corrected chi connectivity index (χ4v) is 4.47. The topological polar surface area (TPSA) is 126 Å². The van der Waals surface area contributed by atoms with Crippen molar-refractivity contribution in [2.24, 2.45) is 0 Å². The van der Waals surface area contributed by atoms with Crippen LogP contribution in [0, 0.1) is 6.92 Å². The van der Waals surface area contributed by atoms with Gasteiger partial charge in [0, 0.05) is 11.9 Å². The fraction of sp³-hybridized carbons (Fsp3) is 0.261. The van der Waals surface area contributed by atoms with Crippen LogP contribution >= 0.6 is 0 Å². The number of nitrogens with one attached hydrogen (secondary N) is 4. The highest BCUT2D eigenvalue weighted by molar-refractivity contribution is 7.90. The molecule has 4 aromatic rings. The first-order valence-electron chi connectivity index (χ1n) is 10.9. The molecule has 0 radical (unpaired) electrons. The smallest absolute Gasteiger partial charge is 0.351 e. The molecule has 4 N–H and O–H groups in total. The average molecular weight is 481 g/mol. The minimum absolute atomic E-state index is 0.263. The lowest BCUT2D eigenvalue weighted by Gasteiger charge is -2.24. The predicted octanol–water partition coefficient (Wildman–Crippen LogP) is 2.81. The van der Waals surface area contributed by atoms with Gasteiger partial charge in [-0.15, -0.1) is 0 Å². The molecule has 34 heavy (non-hydrogen) atoms. The Morgan fingerprint density at radius 2 is 1.79 bits per heavy atom. The number of anilines is 5. The van der Waals surface area contributed by atoms with E-state index in [1.807, 2.05) is 31.2 Å². The number of aromatic nitrogens is 4. The molecule has 1 fully saturated rings. The Bertz CT molecular complexity index is 1430. The SMILES string of the molecule is Cc1cccc(Nc2nc3nc(Nc4ccc(S(C)(=O)=O)cc4)[nH+]c(N4CCOCC4)c3[nH]2)c1. The molecule has 10 nitrogen and oxygen atoms in total. The van der Waals surface area contributed by atoms with Crippen LogP contribution in [-0.2, 0) is 14.6 Å². The Morgan fingerprint density at radius 3 is 2.50 bits per heavy atom. The highest BCUT2D eigenvalue weighted by Crippen LogP contribution is 2.26. The second-order valence-corrected chi connectivity index (χ2v) is 10.2. The van der Waals surface area contributed by atoms with Gasteiger partial charge in [-0.3, -0.25) is 5.32 Å². The first-order chi connectivity index (χ1) is 16.3. The molecule has 0 amide bonds. The van der Waals surface area contributed by atoms with Crippen molar-refractivity contribution in [2.45, 2.75) is 11.8 Å². The molecule has 1 saturated heterocycles. The van der Waals surface area contributed by atoms with Crippen LogP contribution in [0.4, 0.5) is 29.1 Å². The summed E-state index contributed by atoms with van der Waals surface area (Å²) in [5.41, 5.74) is 4.12. The maximum atomic E-state index is 11.7. The first kappa shape index (κ1) is 22.1. The van der Waals surface area contributed by atoms with Crippen LogP contribution in [0.25, 0.3) is 11.2 Å². The molecular weight excluding hydrogens is 454 g/mol. The molecule has 2 aromatic carbocycles. The summed E-state index contributed by atoms with van der Waals surface area (Å²) in [5, 5.41) is 6.54. The minimum atomic E-state index is -3.26. The number of aromatic amines is 2. The van der Waals surface area contributed by atoms with Gasteiger partial charge in [0.2, 0.25) is 17.4 Å². The monoisotopic (exact) mass is 480 g/mol. The Balaban J connectivity index is 1.50. The summed E-state index contributed by atoms with van der Waals surface area (Å²) in [6, 6.07) is 14.6. The second-order valence-electron chi connectivity index (χ2n) is 8.23. The fourth-order valence-electron chi connectivity index (χ4n) is 3.84. The number of rotatable bonds is 6. The van der Waals surface area contributed by atoms with E-state index in [1.54, 1.807) is 24.3 Å². The molecular formula is C23H26N7O3S+. The molecule has 0 aliphatic carbocycles. The van der Waals surface area contributed by atoms with Crippen molar-refractivity contribution in [3.8, 4) is 0 Å². The number of aryl methyl sites for hydroxylation is 1. The van der Waals surface area contributed by atoms with Gasteiger partial charge in [-0.25, -0.2) is 13.4 Å². The zero-order chi connectivity index (χ0) is 23.7. The van der Waals surface area contributed by atoms with Gasteiger partial charge in [0.15, 0.2) is 15.4 Å². The van der Waals surface area contributed by atoms with Crippen LogP contribution < -0.4 is 20.5 Å². The number of morpholine rings is 1. The number of nitrogens with zero attached hydrogens (tertiary/aromatic N) is 3. The minimum Gasteiger partial charge on any atom is -0.376 e. The molecule has 3 heterocycles. The zero-order valence-electron chi connectivity index (χ0n) is 18.9. The molecule has 5 rings (SSSR count). The van der Waals surface area contributed by atoms with Crippen molar-refractivity contribution in [2.75, 3.05) is 48.1 Å². The molecule has 0 bridgehead atoms. The third-order valence-corrected chi connectivity index (χ3v) is 6.66. The lowest BCUT2D eigenvalue weighted by atomic mass is 10.2. The Kier molecular flexibility index (Phi) is 5.80. The van der Waals surface area contributed by atoms with Crippen LogP contribution in [0.2, 0.25) is 0 Å². The lowest BCUT2D eigenvalue weighted by molar-refractivity contribution is -0.349. The van der Waals surface area contributed by atoms with Crippen LogP contribution in [0.5, 0.6) is 0 Å². The highest BCUT2D eigenvalue weighted by atomic mass is 32.2. The molecule has 0 atom stereocenters. The largest absolute Gasteiger partial charge is 0.376 e. The summed E-state index contributed by atoms with van der Waals surface area (Å²) in [7, 11) is -3.26. The lowest BCUT2D eigenvalue weighted by Crippen LogP contribution is -2.40. The average Bonchev–Trinajstić information content (AvgIpc) is 3.21. The quantitative estimate of drug-likeness (QED) is 0.385. The first-order valence-corrected chi connectivity index (χ1v) is 12.8. The third-order valence-electron chi connectivity index (χ3n) is 5.53. The number of ether oxygens (including phenoxy) is 1. The van der Waals surface area contributed by atoms with Gasteiger partial charge < -0.3 is 19.9 Å². The van der Waals surface area contributed by atoms with E-state index in [4.69, 9.17) is 4.74 Å². The molecule has 0 saturated carbocycles. The van der Waals surface area contributed by atoms with Gasteiger partial charge in [-0.2, -0.15) is 4.98 Å². The molecule has 11 heteroatoms. The number of imidazole rings is 1. The highest BCUT2D eigenvalue weighted by Gasteiger charge is 2.24. The summed E-state index contributed by atoms with van der Waals surface area (Å²) in [4.78, 5) is 18.5. The molecule has 0 unspecified atom stereocenters. The normalized spacial score (nSPS) is 14.4. The van der Waals surface area contributed by atoms with E-state index in [0.29, 0.717) is 36.4 Å². The van der Waals surface area contributed by atoms with E-state index in [9.17, 15) is 8.42 Å². The van der Waals surface area contributed by atoms with Crippen LogP contribution in [0.3, 0.4) is 0 Å². The van der Waals surface area contributed by atoms with Crippen LogP contribution in [0.1, 0.15) is 5.56 Å². The van der Waals surface area contributed by atoms with Gasteiger partial charge in [-0.1, -0.05) is 17.1 Å². The number of benzene rings is 2. The van der Waals surface area contributed by atoms with Crippen molar-refractivity contribution >= 4 is 50.1 Å². The number of hydrogen-bond acceptors (Lipinski definition) is 8. The number of sulfone groups is 1. The molecule has 1 aliphatic heterocycles. The summed E-state index contributed by atoms with van der Waals surface area (Å²) in [5.74, 6) is 1.94. The van der Waals surface area contributed by atoms with Gasteiger partial charge in [0.1, 0.15) is 0 Å². The van der Waals surface area contributed by atoms with Crippen molar-refractivity contribution in [1.29, 1.82) is 0 Å². The number of hydrogen-bond donors (Lipinski definition) is 3. The van der Waals surface area contributed by atoms with Crippen molar-refractivity contribution in [1.82, 2.24) is 15.0 Å². The van der Waals surface area contributed by atoms with E-state index in [1.165, 1.54) is 6.26 Å². The van der Waals surface area contributed by atoms with Crippen LogP contribution in [0.15, 0.2) is 53.4 Å². The van der Waals surface area contributed by atoms with Crippen molar-refractivity contribution in [3.05, 3.63) is 54.1 Å². The second kappa shape index (κ2) is 8.92. The van der Waals surface area contributed by atoms with Crippen molar-refractivity contribution in [3.63, 3.8) is 0 Å². The Labute approximate surface area is 197 Å². The van der Waals surface area contributed by atoms with E-state index in [0.717, 1.165) is 35.7 Å². The number of H-pyrrole nitrogens is 2. The summed E-state index contributed by atoms with van der Waals surface area (Å²) in [6.45, 7) is 4.78. The molecule has 1 aliphatic rings. The molecule has 2 aromatic heterocycles. The zero-order valence-corrected chi connectivity index (χ0v) is 19.7. The van der Waals surface area contributed by atoms with E-state index in [-0.39, 0.29) is 4.90 Å². The predicted molar refractivity (Wildman–Crippen MR) is 131 cm³/mol. The summed E-state index contributed by atoms with van der Waals surface area (Å²) >= 11 is 0. The summed E-state index contributed by atoms with van der Waals surface area (Å²) in [6.07, 6.45) is 1.19. The maximum absolute atomic E-state index is 11.7. The van der Waals surface area contributed by atoms with Gasteiger partial charge in [0.05, 0.1) is 36.9 Å². The maximum Gasteiger partial charge on any atom is 0.351 e. The Morgan fingerprint density at radius 1 is 1.03 bits per heavy atom. The van der Waals surface area contributed by atoms with Crippen LogP contribution in [-0.4, -0.2) is 55.9 Å². The van der Waals surface area contributed by atoms with E-state index < -0.39 is 9.84 Å². The summed E-state index contributed by atoms with van der Waals surface area (Å²) < 4.78 is 29.0. The standard InChI is InChI=1S/C23H25N7O3S/c1-15-4-3-5-17(14-15)25-22-26-19-20(27-22)28-23(29-21(19)30-10-12-33-13-11-30)24-16-6-8-18(9-7-16)34(2,31)32/h3-9,14H,10-13H2,1-2H3,(H3,24,25,26,27,28,29)/p+1. The Hall–Kier alpha value is -3.70.